The zero-order valence-electron chi connectivity index (χ0n) is 10.1. The fourth-order valence-corrected chi connectivity index (χ4v) is 2.74. The van der Waals surface area contributed by atoms with Crippen molar-refractivity contribution in [3.8, 4) is 0 Å². The van der Waals surface area contributed by atoms with Gasteiger partial charge in [0.1, 0.15) is 18.3 Å². The zero-order valence-corrected chi connectivity index (χ0v) is 10.9. The molecule has 2 aromatic rings. The number of nitrogens with two attached hydrogens (primary N) is 1. The lowest BCUT2D eigenvalue weighted by atomic mass is 10.1. The van der Waals surface area contributed by atoms with E-state index in [1.54, 1.807) is 0 Å². The highest BCUT2D eigenvalue weighted by Gasteiger charge is 2.44. The van der Waals surface area contributed by atoms with Crippen LogP contribution in [0.4, 0.5) is 5.13 Å². The standard InChI is InChI=1S/C10H12N4O5S/c11-10-13-7-4(9(18)20-10)12-2-14(7)8-6(17)5(16)3(1-15)19-8/h2-3,5-6,8,15-17H,1H2,(H2,11,13)/t3-,5?,6?,8-/m1/s1. The number of anilines is 1. The first kappa shape index (κ1) is 13.4. The van der Waals surface area contributed by atoms with Gasteiger partial charge < -0.3 is 25.8 Å². The third-order valence-corrected chi connectivity index (χ3v) is 3.84. The van der Waals surface area contributed by atoms with E-state index in [0.717, 1.165) is 11.3 Å². The van der Waals surface area contributed by atoms with Crippen molar-refractivity contribution >= 4 is 27.6 Å². The monoisotopic (exact) mass is 300 g/mol. The number of nitrogens with zero attached hydrogens (tertiary/aromatic N) is 3. The summed E-state index contributed by atoms with van der Waals surface area (Å²) >= 11 is 0.767. The molecule has 4 atom stereocenters. The van der Waals surface area contributed by atoms with Crippen molar-refractivity contribution in [3.05, 3.63) is 15.9 Å². The number of aromatic nitrogens is 3. The molecule has 0 saturated carbocycles. The van der Waals surface area contributed by atoms with Gasteiger partial charge in [-0.05, 0) is 0 Å². The Morgan fingerprint density at radius 3 is 2.85 bits per heavy atom. The second-order valence-electron chi connectivity index (χ2n) is 4.39. The molecule has 5 N–H and O–H groups in total. The third kappa shape index (κ3) is 1.89. The summed E-state index contributed by atoms with van der Waals surface area (Å²) in [7, 11) is 0. The molecular weight excluding hydrogens is 288 g/mol. The van der Waals surface area contributed by atoms with Crippen LogP contribution in [-0.2, 0) is 4.74 Å². The van der Waals surface area contributed by atoms with Crippen LogP contribution < -0.4 is 10.5 Å². The van der Waals surface area contributed by atoms with E-state index in [0.29, 0.717) is 0 Å². The summed E-state index contributed by atoms with van der Waals surface area (Å²) < 4.78 is 6.33. The molecule has 20 heavy (non-hydrogen) atoms. The lowest BCUT2D eigenvalue weighted by molar-refractivity contribution is -0.0511. The van der Waals surface area contributed by atoms with Crippen molar-refractivity contribution in [1.29, 1.82) is 0 Å². The number of aliphatic hydroxyl groups excluding tert-OH is 3. The Hall–Kier alpha value is -1.59. The zero-order chi connectivity index (χ0) is 14.4. The predicted molar refractivity (Wildman–Crippen MR) is 69.1 cm³/mol. The molecule has 0 aromatic carbocycles. The highest BCUT2D eigenvalue weighted by atomic mass is 32.1. The summed E-state index contributed by atoms with van der Waals surface area (Å²) in [6.07, 6.45) is -3.13. The second-order valence-corrected chi connectivity index (χ2v) is 5.39. The molecule has 0 bridgehead atoms. The van der Waals surface area contributed by atoms with Crippen LogP contribution in [0.1, 0.15) is 6.23 Å². The summed E-state index contributed by atoms with van der Waals surface area (Å²) in [6.45, 7) is -0.439. The molecule has 1 fully saturated rings. The number of hydrogen-bond donors (Lipinski definition) is 4. The summed E-state index contributed by atoms with van der Waals surface area (Å²) in [5, 5.41) is 28.8. The van der Waals surface area contributed by atoms with Gasteiger partial charge in [-0.2, -0.15) is 0 Å². The van der Waals surface area contributed by atoms with Crippen molar-refractivity contribution in [1.82, 2.24) is 14.5 Å². The van der Waals surface area contributed by atoms with E-state index in [1.165, 1.54) is 10.9 Å². The smallest absolute Gasteiger partial charge is 0.265 e. The van der Waals surface area contributed by atoms with Crippen molar-refractivity contribution in [2.24, 2.45) is 0 Å². The van der Waals surface area contributed by atoms with Gasteiger partial charge in [0, 0.05) is 0 Å². The summed E-state index contributed by atoms with van der Waals surface area (Å²) in [6, 6.07) is 0. The van der Waals surface area contributed by atoms with Crippen molar-refractivity contribution in [2.45, 2.75) is 24.5 Å². The molecule has 1 aliphatic heterocycles. The maximum Gasteiger partial charge on any atom is 0.265 e. The molecule has 9 nitrogen and oxygen atoms in total. The molecule has 2 unspecified atom stereocenters. The first-order valence-corrected chi connectivity index (χ1v) is 6.60. The fraction of sp³-hybridized carbons (Fsp3) is 0.500. The van der Waals surface area contributed by atoms with E-state index in [4.69, 9.17) is 15.6 Å². The second kappa shape index (κ2) is 4.75. The lowest BCUT2D eigenvalue weighted by Gasteiger charge is -2.16. The van der Waals surface area contributed by atoms with Gasteiger partial charge in [0.15, 0.2) is 22.5 Å². The molecule has 2 aromatic heterocycles. The predicted octanol–water partition coefficient (Wildman–Crippen LogP) is -1.95. The van der Waals surface area contributed by atoms with E-state index >= 15 is 0 Å². The normalized spacial score (nSPS) is 30.1. The van der Waals surface area contributed by atoms with Crippen LogP contribution in [0.25, 0.3) is 11.2 Å². The van der Waals surface area contributed by atoms with Crippen LogP contribution >= 0.6 is 11.3 Å². The lowest BCUT2D eigenvalue weighted by Crippen LogP contribution is -2.33. The Morgan fingerprint density at radius 1 is 1.45 bits per heavy atom. The SMILES string of the molecule is Nc1nc2c(ncn2[C@@H]2O[C@H](CO)C(O)C2O)c(=O)s1. The largest absolute Gasteiger partial charge is 0.394 e. The topological polar surface area (TPSA) is 144 Å². The van der Waals surface area contributed by atoms with Gasteiger partial charge in [0.25, 0.3) is 4.74 Å². The van der Waals surface area contributed by atoms with E-state index in [-0.39, 0.29) is 21.0 Å². The van der Waals surface area contributed by atoms with Gasteiger partial charge in [-0.15, -0.1) is 0 Å². The summed E-state index contributed by atoms with van der Waals surface area (Å²) in [5.74, 6) is 0. The molecule has 3 rings (SSSR count). The van der Waals surface area contributed by atoms with Crippen LogP contribution in [0.2, 0.25) is 0 Å². The van der Waals surface area contributed by atoms with Crippen molar-refractivity contribution in [2.75, 3.05) is 12.3 Å². The van der Waals surface area contributed by atoms with E-state index in [9.17, 15) is 15.0 Å². The Kier molecular flexibility index (Phi) is 3.18. The molecule has 0 spiro atoms. The first-order chi connectivity index (χ1) is 9.52. The van der Waals surface area contributed by atoms with Gasteiger partial charge in [0.2, 0.25) is 0 Å². The van der Waals surface area contributed by atoms with Crippen molar-refractivity contribution in [3.63, 3.8) is 0 Å². The summed E-state index contributed by atoms with van der Waals surface area (Å²) in [4.78, 5) is 19.7. The molecule has 3 heterocycles. The van der Waals surface area contributed by atoms with Crippen LogP contribution in [-0.4, -0.2) is 54.8 Å². The first-order valence-electron chi connectivity index (χ1n) is 5.78. The Bertz CT molecular complexity index is 701. The number of ether oxygens (including phenoxy) is 1. The van der Waals surface area contributed by atoms with Crippen LogP contribution in [0, 0.1) is 0 Å². The fourth-order valence-electron chi connectivity index (χ4n) is 2.18. The van der Waals surface area contributed by atoms with Crippen LogP contribution in [0.15, 0.2) is 11.1 Å². The molecule has 0 aliphatic carbocycles. The minimum Gasteiger partial charge on any atom is -0.394 e. The van der Waals surface area contributed by atoms with Crippen LogP contribution in [0.3, 0.4) is 0 Å². The quantitative estimate of drug-likeness (QED) is 0.501. The Morgan fingerprint density at radius 2 is 2.20 bits per heavy atom. The van der Waals surface area contributed by atoms with Crippen molar-refractivity contribution < 1.29 is 20.1 Å². The highest BCUT2D eigenvalue weighted by molar-refractivity contribution is 7.13. The molecule has 1 saturated heterocycles. The minimum atomic E-state index is -1.27. The average Bonchev–Trinajstić information content (AvgIpc) is 2.93. The van der Waals surface area contributed by atoms with E-state index in [2.05, 4.69) is 9.97 Å². The van der Waals surface area contributed by atoms with Gasteiger partial charge in [-0.1, -0.05) is 11.3 Å². The number of imidazole rings is 1. The molecule has 108 valence electrons. The summed E-state index contributed by atoms with van der Waals surface area (Å²) in [5.41, 5.74) is 5.82. The van der Waals surface area contributed by atoms with Gasteiger partial charge in [0.05, 0.1) is 12.9 Å². The molecule has 10 heteroatoms. The maximum absolute atomic E-state index is 11.7. The maximum atomic E-state index is 11.7. The number of aliphatic hydroxyl groups is 3. The van der Waals surface area contributed by atoms with Crippen LogP contribution in [0.5, 0.6) is 0 Å². The Balaban J connectivity index is 2.09. The number of nitrogen functional groups attached to an aromatic ring is 1. The van der Waals surface area contributed by atoms with E-state index < -0.39 is 31.1 Å². The number of hydrogen-bond acceptors (Lipinski definition) is 9. The Labute approximate surface area is 115 Å². The molecular formula is C10H12N4O5S. The van der Waals surface area contributed by atoms with Gasteiger partial charge in [-0.25, -0.2) is 9.97 Å². The van der Waals surface area contributed by atoms with Gasteiger partial charge >= 0.3 is 0 Å². The molecule has 0 amide bonds. The van der Waals surface area contributed by atoms with Gasteiger partial charge in [-0.3, -0.25) is 9.36 Å². The molecule has 0 radical (unpaired) electrons. The average molecular weight is 300 g/mol. The third-order valence-electron chi connectivity index (χ3n) is 3.17. The highest BCUT2D eigenvalue weighted by Crippen LogP contribution is 2.31. The number of fused-ring (bicyclic) bond motifs is 1. The minimum absolute atomic E-state index is 0.0657. The number of rotatable bonds is 2. The van der Waals surface area contributed by atoms with E-state index in [1.807, 2.05) is 0 Å². The molecule has 1 aliphatic rings.